The summed E-state index contributed by atoms with van der Waals surface area (Å²) in [5.41, 5.74) is 0.692. The van der Waals surface area contributed by atoms with Gasteiger partial charge in [0.15, 0.2) is 11.5 Å². The number of phenolic OH excluding ortho intramolecular Hbond substituents is 2. The Balaban J connectivity index is 0.00000225. The molecule has 9 heteroatoms. The van der Waals surface area contributed by atoms with E-state index in [2.05, 4.69) is 9.98 Å². The zero-order valence-corrected chi connectivity index (χ0v) is 15.7. The van der Waals surface area contributed by atoms with Crippen LogP contribution in [0.1, 0.15) is 5.56 Å². The molecule has 0 aliphatic carbocycles. The molecule has 0 saturated carbocycles. The molecule has 28 heavy (non-hydrogen) atoms. The van der Waals surface area contributed by atoms with E-state index in [0.717, 1.165) is 0 Å². The molecule has 2 aromatic heterocycles. The second-order valence-corrected chi connectivity index (χ2v) is 6.46. The number of aromatic hydroxyl groups is 3. The lowest BCUT2D eigenvalue weighted by molar-refractivity contribution is 0.404. The third-order valence-electron chi connectivity index (χ3n) is 3.89. The fourth-order valence-electron chi connectivity index (χ4n) is 2.52. The first-order valence-corrected chi connectivity index (χ1v) is 8.67. The van der Waals surface area contributed by atoms with Crippen LogP contribution in [-0.2, 0) is 0 Å². The predicted octanol–water partition coefficient (Wildman–Crippen LogP) is 4.21. The maximum absolute atomic E-state index is 12.1. The number of aromatic nitrogens is 1. The van der Waals surface area contributed by atoms with Crippen LogP contribution in [0, 0.1) is 0 Å². The van der Waals surface area contributed by atoms with Gasteiger partial charge in [-0.15, -0.1) is 23.7 Å². The highest BCUT2D eigenvalue weighted by Crippen LogP contribution is 2.33. The minimum Gasteiger partial charge on any atom is -0.506 e. The maximum Gasteiger partial charge on any atom is 0.348 e. The Bertz CT molecular complexity index is 1250. The summed E-state index contributed by atoms with van der Waals surface area (Å²) in [6.07, 6.45) is 1.21. The third kappa shape index (κ3) is 3.55. The lowest BCUT2D eigenvalue weighted by Gasteiger charge is -2.01. The minimum absolute atomic E-state index is 0. The van der Waals surface area contributed by atoms with E-state index in [-0.39, 0.29) is 35.2 Å². The molecule has 0 saturated heterocycles. The highest BCUT2D eigenvalue weighted by atomic mass is 35.5. The molecule has 2 aromatic carbocycles. The molecule has 2 heterocycles. The number of fused-ring (bicyclic) bond motifs is 1. The summed E-state index contributed by atoms with van der Waals surface area (Å²) in [5.74, 6) is -0.666. The predicted molar refractivity (Wildman–Crippen MR) is 110 cm³/mol. The molecule has 0 aliphatic rings. The second kappa shape index (κ2) is 7.71. The molecule has 3 N–H and O–H groups in total. The van der Waals surface area contributed by atoms with Crippen molar-refractivity contribution in [3.8, 4) is 28.5 Å². The zero-order chi connectivity index (χ0) is 19.0. The van der Waals surface area contributed by atoms with E-state index >= 15 is 0 Å². The van der Waals surface area contributed by atoms with Crippen LogP contribution in [0.4, 0.5) is 5.13 Å². The minimum atomic E-state index is -0.699. The molecule has 142 valence electrons. The molecule has 0 unspecified atom stereocenters. The Morgan fingerprint density at radius 3 is 2.64 bits per heavy atom. The molecular formula is C19H13ClN2O5S. The fourth-order valence-corrected chi connectivity index (χ4v) is 3.19. The summed E-state index contributed by atoms with van der Waals surface area (Å²) in [7, 11) is 0. The van der Waals surface area contributed by atoms with Gasteiger partial charge >= 0.3 is 5.63 Å². The van der Waals surface area contributed by atoms with E-state index in [4.69, 9.17) is 4.42 Å². The first-order chi connectivity index (χ1) is 13.0. The standard InChI is InChI=1S/C19H12N2O5S.ClH/c22-14-6-5-10(7-15(14)23)13-9-27-19(21-13)20-8-12-17(24)11-3-1-2-4-16(11)26-18(12)25;/h1-9,22-24H;1H/b20-8+;. The van der Waals surface area contributed by atoms with Crippen LogP contribution in [0.3, 0.4) is 0 Å². The van der Waals surface area contributed by atoms with Crippen molar-refractivity contribution in [2.45, 2.75) is 0 Å². The Hall–Kier alpha value is -3.36. The molecule has 0 spiro atoms. The van der Waals surface area contributed by atoms with Gasteiger partial charge in [0.05, 0.1) is 11.1 Å². The van der Waals surface area contributed by atoms with E-state index in [1.807, 2.05) is 0 Å². The van der Waals surface area contributed by atoms with Crippen molar-refractivity contribution in [2.75, 3.05) is 0 Å². The van der Waals surface area contributed by atoms with Crippen LogP contribution in [0.2, 0.25) is 0 Å². The quantitative estimate of drug-likeness (QED) is 0.262. The van der Waals surface area contributed by atoms with Crippen LogP contribution >= 0.6 is 23.7 Å². The number of thiazole rings is 1. The van der Waals surface area contributed by atoms with Crippen molar-refractivity contribution in [1.29, 1.82) is 0 Å². The zero-order valence-electron chi connectivity index (χ0n) is 14.1. The van der Waals surface area contributed by atoms with Gasteiger partial charge in [-0.25, -0.2) is 14.8 Å². The van der Waals surface area contributed by atoms with Crippen LogP contribution < -0.4 is 5.63 Å². The Labute approximate surface area is 168 Å². The van der Waals surface area contributed by atoms with Crippen molar-refractivity contribution in [3.63, 3.8) is 0 Å². The van der Waals surface area contributed by atoms with Gasteiger partial charge in [0.2, 0.25) is 5.13 Å². The van der Waals surface area contributed by atoms with Crippen LogP contribution in [0.15, 0.2) is 62.0 Å². The van der Waals surface area contributed by atoms with E-state index in [1.165, 1.54) is 29.7 Å². The van der Waals surface area contributed by atoms with Gasteiger partial charge < -0.3 is 19.7 Å². The SMILES string of the molecule is Cl.O=c1oc2ccccc2c(O)c1/C=N/c1nc(-c2ccc(O)c(O)c2)cs1. The smallest absolute Gasteiger partial charge is 0.348 e. The monoisotopic (exact) mass is 416 g/mol. The van der Waals surface area contributed by atoms with Crippen molar-refractivity contribution < 1.29 is 19.7 Å². The summed E-state index contributed by atoms with van der Waals surface area (Å²) in [6, 6.07) is 11.0. The molecular weight excluding hydrogens is 404 g/mol. The third-order valence-corrected chi connectivity index (χ3v) is 4.64. The highest BCUT2D eigenvalue weighted by Gasteiger charge is 2.12. The first kappa shape index (κ1) is 19.4. The topological polar surface area (TPSA) is 116 Å². The first-order valence-electron chi connectivity index (χ1n) is 7.79. The number of hydrogen-bond donors (Lipinski definition) is 3. The summed E-state index contributed by atoms with van der Waals surface area (Å²) in [5, 5.41) is 31.8. The summed E-state index contributed by atoms with van der Waals surface area (Å²) in [4.78, 5) is 20.5. The summed E-state index contributed by atoms with van der Waals surface area (Å²) in [6.45, 7) is 0. The second-order valence-electron chi connectivity index (χ2n) is 5.62. The van der Waals surface area contributed by atoms with Gasteiger partial charge in [0.1, 0.15) is 16.9 Å². The van der Waals surface area contributed by atoms with Gasteiger partial charge in [-0.2, -0.15) is 0 Å². The number of rotatable bonds is 3. The summed E-state index contributed by atoms with van der Waals surface area (Å²) < 4.78 is 5.19. The normalized spacial score (nSPS) is 11.0. The Kier molecular flexibility index (Phi) is 5.34. The number of aliphatic imine (C=N–C) groups is 1. The van der Waals surface area contributed by atoms with Crippen LogP contribution in [0.5, 0.6) is 17.2 Å². The van der Waals surface area contributed by atoms with E-state index < -0.39 is 5.63 Å². The van der Waals surface area contributed by atoms with Crippen molar-refractivity contribution in [2.24, 2.45) is 4.99 Å². The Morgan fingerprint density at radius 2 is 1.86 bits per heavy atom. The highest BCUT2D eigenvalue weighted by molar-refractivity contribution is 7.13. The average molecular weight is 417 g/mol. The van der Waals surface area contributed by atoms with E-state index in [1.54, 1.807) is 35.7 Å². The van der Waals surface area contributed by atoms with E-state index in [9.17, 15) is 20.1 Å². The molecule has 0 radical (unpaired) electrons. The molecule has 0 amide bonds. The van der Waals surface area contributed by atoms with Gasteiger partial charge in [-0.1, -0.05) is 12.1 Å². The molecule has 0 bridgehead atoms. The van der Waals surface area contributed by atoms with Gasteiger partial charge in [-0.3, -0.25) is 0 Å². The van der Waals surface area contributed by atoms with Crippen molar-refractivity contribution in [3.05, 3.63) is 63.8 Å². The van der Waals surface area contributed by atoms with Crippen molar-refractivity contribution >= 4 is 46.1 Å². The number of benzene rings is 2. The lowest BCUT2D eigenvalue weighted by atomic mass is 10.1. The number of phenols is 2. The largest absolute Gasteiger partial charge is 0.506 e. The lowest BCUT2D eigenvalue weighted by Crippen LogP contribution is -2.06. The molecule has 7 nitrogen and oxygen atoms in total. The molecule has 4 rings (SSSR count). The van der Waals surface area contributed by atoms with Crippen molar-refractivity contribution in [1.82, 2.24) is 4.98 Å². The number of hydrogen-bond acceptors (Lipinski definition) is 8. The molecule has 0 atom stereocenters. The number of para-hydroxylation sites is 1. The van der Waals surface area contributed by atoms with Crippen LogP contribution in [-0.4, -0.2) is 26.5 Å². The van der Waals surface area contributed by atoms with Gasteiger partial charge in [0.25, 0.3) is 0 Å². The number of nitrogens with zero attached hydrogens (tertiary/aromatic N) is 2. The van der Waals surface area contributed by atoms with Gasteiger partial charge in [-0.05, 0) is 30.3 Å². The molecule has 0 aliphatic heterocycles. The van der Waals surface area contributed by atoms with Crippen LogP contribution in [0.25, 0.3) is 22.2 Å². The maximum atomic E-state index is 12.1. The van der Waals surface area contributed by atoms with E-state index in [0.29, 0.717) is 27.4 Å². The number of halogens is 1. The molecule has 4 aromatic rings. The molecule has 0 fully saturated rings. The van der Waals surface area contributed by atoms with Gasteiger partial charge in [0, 0.05) is 17.2 Å². The average Bonchev–Trinajstić information content (AvgIpc) is 3.13. The Morgan fingerprint density at radius 1 is 1.07 bits per heavy atom. The summed E-state index contributed by atoms with van der Waals surface area (Å²) >= 11 is 1.22. The fraction of sp³-hybridized carbons (Fsp3) is 0.